The molecule has 0 fully saturated rings. The zero-order valence-electron chi connectivity index (χ0n) is 15.9. The van der Waals surface area contributed by atoms with Crippen molar-refractivity contribution in [2.75, 3.05) is 33.4 Å². The predicted octanol–water partition coefficient (Wildman–Crippen LogP) is 4.33. The Morgan fingerprint density at radius 3 is 2.26 bits per heavy atom. The van der Waals surface area contributed by atoms with Crippen LogP contribution in [0.25, 0.3) is 22.4 Å². The highest BCUT2D eigenvalue weighted by Gasteiger charge is 2.14. The molecule has 7 heteroatoms. The zero-order valence-corrected chi connectivity index (χ0v) is 17.6. The van der Waals surface area contributed by atoms with E-state index in [-0.39, 0.29) is 24.8 Å². The summed E-state index contributed by atoms with van der Waals surface area (Å²) in [5.41, 5.74) is 2.91. The molecule has 0 unspecified atom stereocenters. The van der Waals surface area contributed by atoms with Crippen LogP contribution in [0.2, 0.25) is 0 Å². The van der Waals surface area contributed by atoms with Gasteiger partial charge in [-0.2, -0.15) is 4.73 Å². The largest absolute Gasteiger partial charge is 0.497 e. The van der Waals surface area contributed by atoms with Crippen LogP contribution in [0.5, 0.6) is 5.75 Å². The van der Waals surface area contributed by atoms with E-state index >= 15 is 0 Å². The maximum Gasteiger partial charge on any atom is 0.176 e. The van der Waals surface area contributed by atoms with Crippen LogP contribution in [0.3, 0.4) is 0 Å². The third-order valence-corrected chi connectivity index (χ3v) is 4.39. The monoisotopic (exact) mass is 411 g/mol. The second kappa shape index (κ2) is 11.0. The fourth-order valence-corrected chi connectivity index (χ4v) is 2.86. The van der Waals surface area contributed by atoms with Gasteiger partial charge in [-0.25, -0.2) is 4.98 Å². The Labute approximate surface area is 173 Å². The molecule has 0 saturated carbocycles. The first-order chi connectivity index (χ1) is 12.3. The molecule has 0 atom stereocenters. The van der Waals surface area contributed by atoms with Crippen molar-refractivity contribution in [3.63, 3.8) is 0 Å². The first kappa shape index (κ1) is 23.1. The molecule has 2 aromatic carbocycles. The van der Waals surface area contributed by atoms with Gasteiger partial charge in [0.1, 0.15) is 17.9 Å². The molecule has 0 saturated heterocycles. The van der Waals surface area contributed by atoms with Crippen LogP contribution in [0, 0.1) is 0 Å². The summed E-state index contributed by atoms with van der Waals surface area (Å²) >= 11 is 0. The third-order valence-electron chi connectivity index (χ3n) is 4.39. The Morgan fingerprint density at radius 2 is 1.63 bits per heavy atom. The molecular weight excluding hydrogens is 385 g/mol. The maximum atomic E-state index is 6.12. The quantitative estimate of drug-likeness (QED) is 0.552. The molecule has 0 spiro atoms. The van der Waals surface area contributed by atoms with E-state index in [1.54, 1.807) is 7.11 Å². The first-order valence-corrected chi connectivity index (χ1v) is 8.74. The van der Waals surface area contributed by atoms with E-state index < -0.39 is 0 Å². The lowest BCUT2D eigenvalue weighted by atomic mass is 10.2. The normalized spacial score (nSPS) is 10.4. The number of hydrogen-bond donors (Lipinski definition) is 0. The standard InChI is InChI=1S/C20H25N3O2.2ClH/c1-4-22(5-2)14-15-25-23-19-9-7-6-8-18(19)21-20(23)16-10-12-17(24-3)13-11-16;;/h6-13H,4-5,14-15H2,1-3H3;2*1H. The van der Waals surface area contributed by atoms with Gasteiger partial charge >= 0.3 is 0 Å². The molecule has 0 aliphatic rings. The Bertz CT molecular complexity index is 818. The molecule has 0 bridgehead atoms. The van der Waals surface area contributed by atoms with Crippen LogP contribution in [0.15, 0.2) is 48.5 Å². The third kappa shape index (κ3) is 5.28. The van der Waals surface area contributed by atoms with Gasteiger partial charge in [-0.3, -0.25) is 0 Å². The molecule has 0 N–H and O–H groups in total. The van der Waals surface area contributed by atoms with Crippen molar-refractivity contribution in [1.82, 2.24) is 14.6 Å². The highest BCUT2D eigenvalue weighted by Crippen LogP contribution is 2.25. The van der Waals surface area contributed by atoms with Crippen LogP contribution in [-0.2, 0) is 0 Å². The molecule has 27 heavy (non-hydrogen) atoms. The van der Waals surface area contributed by atoms with E-state index in [1.165, 1.54) is 0 Å². The van der Waals surface area contributed by atoms with E-state index in [2.05, 4.69) is 18.7 Å². The zero-order chi connectivity index (χ0) is 17.6. The highest BCUT2D eigenvalue weighted by molar-refractivity contribution is 5.85. The van der Waals surface area contributed by atoms with Gasteiger partial charge in [0.2, 0.25) is 0 Å². The molecule has 148 valence electrons. The summed E-state index contributed by atoms with van der Waals surface area (Å²) in [7, 11) is 1.67. The van der Waals surface area contributed by atoms with Crippen LogP contribution < -0.4 is 9.57 Å². The van der Waals surface area contributed by atoms with Gasteiger partial charge < -0.3 is 14.5 Å². The summed E-state index contributed by atoms with van der Waals surface area (Å²) in [5, 5.41) is 0. The Morgan fingerprint density at radius 1 is 0.963 bits per heavy atom. The van der Waals surface area contributed by atoms with E-state index in [4.69, 9.17) is 14.6 Å². The number of ether oxygens (including phenoxy) is 1. The second-order valence-electron chi connectivity index (χ2n) is 5.81. The minimum absolute atomic E-state index is 0. The van der Waals surface area contributed by atoms with Crippen molar-refractivity contribution >= 4 is 35.8 Å². The number of hydrogen-bond acceptors (Lipinski definition) is 4. The SMILES string of the molecule is CCN(CC)CCOn1c(-c2ccc(OC)cc2)nc2ccccc21.Cl.Cl. The average molecular weight is 412 g/mol. The van der Waals surface area contributed by atoms with E-state index in [0.717, 1.165) is 47.8 Å². The number of benzene rings is 2. The lowest BCUT2D eigenvalue weighted by molar-refractivity contribution is 0.0985. The van der Waals surface area contributed by atoms with Crippen molar-refractivity contribution in [2.24, 2.45) is 0 Å². The maximum absolute atomic E-state index is 6.12. The molecule has 3 aromatic rings. The van der Waals surface area contributed by atoms with E-state index in [1.807, 2.05) is 53.3 Å². The molecule has 0 amide bonds. The number of imidazole rings is 1. The molecular formula is C20H27Cl2N3O2. The van der Waals surface area contributed by atoms with Gasteiger partial charge in [-0.05, 0) is 49.5 Å². The van der Waals surface area contributed by atoms with Gasteiger partial charge in [0.25, 0.3) is 0 Å². The van der Waals surface area contributed by atoms with E-state index in [0.29, 0.717) is 6.61 Å². The minimum Gasteiger partial charge on any atom is -0.497 e. The van der Waals surface area contributed by atoms with Gasteiger partial charge in [-0.15, -0.1) is 24.8 Å². The lowest BCUT2D eigenvalue weighted by Gasteiger charge is -2.19. The van der Waals surface area contributed by atoms with Crippen LogP contribution >= 0.6 is 24.8 Å². The number of para-hydroxylation sites is 2. The summed E-state index contributed by atoms with van der Waals surface area (Å²) in [5.74, 6) is 1.64. The topological polar surface area (TPSA) is 39.5 Å². The van der Waals surface area contributed by atoms with Gasteiger partial charge in [-0.1, -0.05) is 26.0 Å². The van der Waals surface area contributed by atoms with Gasteiger partial charge in [0.15, 0.2) is 5.82 Å². The first-order valence-electron chi connectivity index (χ1n) is 8.74. The minimum atomic E-state index is 0. The summed E-state index contributed by atoms with van der Waals surface area (Å²) in [6.45, 7) is 7.89. The van der Waals surface area contributed by atoms with Crippen molar-refractivity contribution in [2.45, 2.75) is 13.8 Å². The highest BCUT2D eigenvalue weighted by atomic mass is 35.5. The fourth-order valence-electron chi connectivity index (χ4n) is 2.86. The molecule has 1 aromatic heterocycles. The number of rotatable bonds is 8. The van der Waals surface area contributed by atoms with Crippen molar-refractivity contribution < 1.29 is 9.57 Å². The van der Waals surface area contributed by atoms with Gasteiger partial charge in [0, 0.05) is 12.1 Å². The summed E-state index contributed by atoms with van der Waals surface area (Å²) < 4.78 is 7.09. The fraction of sp³-hybridized carbons (Fsp3) is 0.350. The number of halogens is 2. The Kier molecular flexibility index (Phi) is 9.43. The Balaban J connectivity index is 0.00000182. The molecule has 5 nitrogen and oxygen atoms in total. The Hall–Kier alpha value is -1.95. The number of methoxy groups -OCH3 is 1. The van der Waals surface area contributed by atoms with Crippen LogP contribution in [0.1, 0.15) is 13.8 Å². The lowest BCUT2D eigenvalue weighted by Crippen LogP contribution is -2.30. The molecule has 1 heterocycles. The average Bonchev–Trinajstić information content (AvgIpc) is 3.04. The smallest absolute Gasteiger partial charge is 0.176 e. The molecule has 0 radical (unpaired) electrons. The number of nitrogens with zero attached hydrogens (tertiary/aromatic N) is 3. The molecule has 3 rings (SSSR count). The second-order valence-corrected chi connectivity index (χ2v) is 5.81. The summed E-state index contributed by atoms with van der Waals surface area (Å²) in [6.07, 6.45) is 0. The van der Waals surface area contributed by atoms with Crippen LogP contribution in [0.4, 0.5) is 0 Å². The van der Waals surface area contributed by atoms with Crippen molar-refractivity contribution in [3.05, 3.63) is 48.5 Å². The predicted molar refractivity (Wildman–Crippen MR) is 115 cm³/mol. The number of fused-ring (bicyclic) bond motifs is 1. The summed E-state index contributed by atoms with van der Waals surface area (Å²) in [6, 6.07) is 15.9. The summed E-state index contributed by atoms with van der Waals surface area (Å²) in [4.78, 5) is 13.2. The number of likely N-dealkylation sites (N-methyl/N-ethyl adjacent to an activating group) is 1. The van der Waals surface area contributed by atoms with Gasteiger partial charge in [0.05, 0.1) is 12.6 Å². The van der Waals surface area contributed by atoms with Crippen LogP contribution in [-0.4, -0.2) is 48.0 Å². The van der Waals surface area contributed by atoms with Crippen molar-refractivity contribution in [3.8, 4) is 17.1 Å². The molecule has 0 aliphatic heterocycles. The van der Waals surface area contributed by atoms with E-state index in [9.17, 15) is 0 Å². The molecule has 0 aliphatic carbocycles. The number of aromatic nitrogens is 2. The van der Waals surface area contributed by atoms with Crippen molar-refractivity contribution in [1.29, 1.82) is 0 Å².